The van der Waals surface area contributed by atoms with Gasteiger partial charge in [0.2, 0.25) is 5.91 Å². The Hall–Kier alpha value is -3.19. The first kappa shape index (κ1) is 15.7. The SMILES string of the molecule is N[C@@H](Cc1ccc(O)cc1)C(=O)Nc1nc2ccccc2c(=O)o1. The van der Waals surface area contributed by atoms with Gasteiger partial charge in [-0.3, -0.25) is 10.1 Å². The molecule has 7 heteroatoms. The number of phenols is 1. The first-order chi connectivity index (χ1) is 11.5. The van der Waals surface area contributed by atoms with Crippen LogP contribution in [-0.2, 0) is 11.2 Å². The molecule has 122 valence electrons. The molecule has 24 heavy (non-hydrogen) atoms. The second-order valence-electron chi connectivity index (χ2n) is 5.29. The number of anilines is 1. The monoisotopic (exact) mass is 325 g/mol. The minimum atomic E-state index is -0.854. The molecule has 1 aromatic heterocycles. The Morgan fingerprint density at radius 2 is 1.92 bits per heavy atom. The molecule has 0 bridgehead atoms. The number of nitrogens with zero attached hydrogens (tertiary/aromatic N) is 1. The van der Waals surface area contributed by atoms with E-state index in [1.165, 1.54) is 12.1 Å². The molecule has 0 aliphatic heterocycles. The predicted octanol–water partition coefficient (Wildman–Crippen LogP) is 1.40. The number of phenolic OH excluding ortho intramolecular Hbond substituents is 1. The smallest absolute Gasteiger partial charge is 0.348 e. The third kappa shape index (κ3) is 3.41. The summed E-state index contributed by atoms with van der Waals surface area (Å²) in [6.07, 6.45) is 0.268. The van der Waals surface area contributed by atoms with Crippen LogP contribution in [0.4, 0.5) is 6.01 Å². The van der Waals surface area contributed by atoms with Gasteiger partial charge < -0.3 is 15.3 Å². The predicted molar refractivity (Wildman–Crippen MR) is 88.7 cm³/mol. The highest BCUT2D eigenvalue weighted by molar-refractivity contribution is 5.93. The molecule has 1 atom stereocenters. The van der Waals surface area contributed by atoms with E-state index >= 15 is 0 Å². The van der Waals surface area contributed by atoms with Crippen molar-refractivity contribution >= 4 is 22.8 Å². The molecule has 1 heterocycles. The van der Waals surface area contributed by atoms with E-state index in [0.717, 1.165) is 5.56 Å². The lowest BCUT2D eigenvalue weighted by atomic mass is 10.1. The molecule has 0 aliphatic carbocycles. The van der Waals surface area contributed by atoms with E-state index in [2.05, 4.69) is 10.3 Å². The Labute approximate surface area is 136 Å². The second-order valence-corrected chi connectivity index (χ2v) is 5.29. The zero-order valence-corrected chi connectivity index (χ0v) is 12.6. The molecule has 3 aromatic rings. The topological polar surface area (TPSA) is 118 Å². The fraction of sp³-hybridized carbons (Fsp3) is 0.118. The van der Waals surface area contributed by atoms with Crippen LogP contribution >= 0.6 is 0 Å². The summed E-state index contributed by atoms with van der Waals surface area (Å²) in [6.45, 7) is 0. The summed E-state index contributed by atoms with van der Waals surface area (Å²) in [5.74, 6) is -0.382. The second kappa shape index (κ2) is 6.51. The number of rotatable bonds is 4. The quantitative estimate of drug-likeness (QED) is 0.667. The number of nitrogens with two attached hydrogens (primary N) is 1. The van der Waals surface area contributed by atoms with Gasteiger partial charge in [-0.2, -0.15) is 4.98 Å². The summed E-state index contributed by atoms with van der Waals surface area (Å²) < 4.78 is 4.99. The van der Waals surface area contributed by atoms with Crippen LogP contribution in [0.1, 0.15) is 5.56 Å². The maximum Gasteiger partial charge on any atom is 0.348 e. The Kier molecular flexibility index (Phi) is 4.26. The van der Waals surface area contributed by atoms with E-state index in [1.807, 2.05) is 0 Å². The van der Waals surface area contributed by atoms with E-state index in [1.54, 1.807) is 36.4 Å². The fourth-order valence-electron chi connectivity index (χ4n) is 2.25. The molecule has 0 saturated carbocycles. The molecule has 0 fully saturated rings. The first-order valence-corrected chi connectivity index (χ1v) is 7.27. The minimum absolute atomic E-state index is 0.138. The molecular weight excluding hydrogens is 310 g/mol. The molecule has 0 unspecified atom stereocenters. The van der Waals surface area contributed by atoms with Crippen molar-refractivity contribution in [1.82, 2.24) is 4.98 Å². The number of hydrogen-bond acceptors (Lipinski definition) is 6. The summed E-state index contributed by atoms with van der Waals surface area (Å²) in [5, 5.41) is 12.0. The largest absolute Gasteiger partial charge is 0.508 e. The third-order valence-electron chi connectivity index (χ3n) is 3.49. The van der Waals surface area contributed by atoms with E-state index in [9.17, 15) is 14.7 Å². The van der Waals surface area contributed by atoms with Crippen LogP contribution in [0.2, 0.25) is 0 Å². The average Bonchev–Trinajstić information content (AvgIpc) is 2.57. The van der Waals surface area contributed by atoms with Crippen LogP contribution in [0.25, 0.3) is 10.9 Å². The standard InChI is InChI=1S/C17H15N3O4/c18-13(9-10-5-7-11(21)8-6-10)15(22)20-17-19-14-4-2-1-3-12(14)16(23)24-17/h1-8,13,21H,9,18H2,(H,19,20,22)/t13-/m0/s1. The van der Waals surface area contributed by atoms with Crippen molar-refractivity contribution in [3.8, 4) is 5.75 Å². The van der Waals surface area contributed by atoms with Crippen LogP contribution in [0.3, 0.4) is 0 Å². The normalized spacial score (nSPS) is 12.0. The third-order valence-corrected chi connectivity index (χ3v) is 3.49. The maximum absolute atomic E-state index is 12.1. The van der Waals surface area contributed by atoms with Gasteiger partial charge in [-0.05, 0) is 36.2 Å². The lowest BCUT2D eigenvalue weighted by Gasteiger charge is -2.11. The van der Waals surface area contributed by atoms with Crippen molar-refractivity contribution in [2.45, 2.75) is 12.5 Å². The molecule has 4 N–H and O–H groups in total. The minimum Gasteiger partial charge on any atom is -0.508 e. The van der Waals surface area contributed by atoms with Crippen LogP contribution in [0, 0.1) is 0 Å². The molecular formula is C17H15N3O4. The summed E-state index contributed by atoms with van der Waals surface area (Å²) in [6, 6.07) is 12.0. The molecule has 0 saturated heterocycles. The van der Waals surface area contributed by atoms with Crippen molar-refractivity contribution in [2.24, 2.45) is 5.73 Å². The van der Waals surface area contributed by atoms with E-state index < -0.39 is 17.6 Å². The van der Waals surface area contributed by atoms with Gasteiger partial charge in [-0.1, -0.05) is 24.3 Å². The fourth-order valence-corrected chi connectivity index (χ4v) is 2.25. The van der Waals surface area contributed by atoms with E-state index in [4.69, 9.17) is 10.2 Å². The first-order valence-electron chi connectivity index (χ1n) is 7.27. The molecule has 1 amide bonds. The van der Waals surface area contributed by atoms with Crippen molar-refractivity contribution in [3.05, 3.63) is 64.5 Å². The van der Waals surface area contributed by atoms with Gasteiger partial charge in [0, 0.05) is 0 Å². The molecule has 7 nitrogen and oxygen atoms in total. The summed E-state index contributed by atoms with van der Waals surface area (Å²) in [5.41, 5.74) is 6.50. The van der Waals surface area contributed by atoms with Gasteiger partial charge in [0.1, 0.15) is 5.75 Å². The van der Waals surface area contributed by atoms with Gasteiger partial charge in [-0.15, -0.1) is 0 Å². The number of hydrogen-bond donors (Lipinski definition) is 3. The number of carbonyl (C=O) groups is 1. The van der Waals surface area contributed by atoms with E-state index in [-0.39, 0.29) is 18.2 Å². The average molecular weight is 325 g/mol. The number of carbonyl (C=O) groups excluding carboxylic acids is 1. The highest BCUT2D eigenvalue weighted by Gasteiger charge is 2.17. The number of fused-ring (bicyclic) bond motifs is 1. The summed E-state index contributed by atoms with van der Waals surface area (Å²) >= 11 is 0. The highest BCUT2D eigenvalue weighted by Crippen LogP contribution is 2.13. The van der Waals surface area contributed by atoms with Crippen molar-refractivity contribution in [1.29, 1.82) is 0 Å². The Morgan fingerprint density at radius 1 is 1.21 bits per heavy atom. The highest BCUT2D eigenvalue weighted by atomic mass is 16.4. The summed E-state index contributed by atoms with van der Waals surface area (Å²) in [4.78, 5) is 28.1. The van der Waals surface area contributed by atoms with Gasteiger partial charge in [0.25, 0.3) is 0 Å². The summed E-state index contributed by atoms with van der Waals surface area (Å²) in [7, 11) is 0. The van der Waals surface area contributed by atoms with Crippen LogP contribution in [0.15, 0.2) is 57.7 Å². The van der Waals surface area contributed by atoms with Gasteiger partial charge >= 0.3 is 11.6 Å². The van der Waals surface area contributed by atoms with Crippen LogP contribution in [-0.4, -0.2) is 22.0 Å². The van der Waals surface area contributed by atoms with Gasteiger partial charge in [-0.25, -0.2) is 4.79 Å². The molecule has 0 radical (unpaired) electrons. The lowest BCUT2D eigenvalue weighted by Crippen LogP contribution is -2.37. The number of aromatic nitrogens is 1. The Balaban J connectivity index is 1.74. The molecule has 2 aromatic carbocycles. The van der Waals surface area contributed by atoms with Gasteiger partial charge in [0.05, 0.1) is 16.9 Å². The number of benzene rings is 2. The Bertz CT molecular complexity index is 934. The van der Waals surface area contributed by atoms with Crippen molar-refractivity contribution in [2.75, 3.05) is 5.32 Å². The van der Waals surface area contributed by atoms with E-state index in [0.29, 0.717) is 10.9 Å². The number of nitrogens with one attached hydrogen (secondary N) is 1. The zero-order valence-electron chi connectivity index (χ0n) is 12.6. The van der Waals surface area contributed by atoms with Crippen molar-refractivity contribution in [3.63, 3.8) is 0 Å². The lowest BCUT2D eigenvalue weighted by molar-refractivity contribution is -0.117. The molecule has 0 spiro atoms. The van der Waals surface area contributed by atoms with Crippen LogP contribution in [0.5, 0.6) is 5.75 Å². The van der Waals surface area contributed by atoms with Crippen LogP contribution < -0.4 is 16.7 Å². The van der Waals surface area contributed by atoms with Gasteiger partial charge in [0.15, 0.2) is 0 Å². The number of para-hydroxylation sites is 1. The Morgan fingerprint density at radius 3 is 2.67 bits per heavy atom. The molecule has 3 rings (SSSR count). The number of amides is 1. The zero-order chi connectivity index (χ0) is 17.1. The number of aromatic hydroxyl groups is 1. The molecule has 0 aliphatic rings. The maximum atomic E-state index is 12.1. The van der Waals surface area contributed by atoms with Crippen molar-refractivity contribution < 1.29 is 14.3 Å².